The molecule has 2 fully saturated rings. The summed E-state index contributed by atoms with van der Waals surface area (Å²) in [6.07, 6.45) is 8.51. The molecular formula is C15H22N4. The van der Waals surface area contributed by atoms with Gasteiger partial charge in [0.05, 0.1) is 0 Å². The molecule has 0 radical (unpaired) electrons. The molecule has 0 spiro atoms. The highest BCUT2D eigenvalue weighted by Gasteiger charge is 2.31. The first-order valence-electron chi connectivity index (χ1n) is 7.71. The van der Waals surface area contributed by atoms with Gasteiger partial charge in [0, 0.05) is 36.3 Å². The van der Waals surface area contributed by atoms with Crippen molar-refractivity contribution in [2.24, 2.45) is 5.73 Å². The molecule has 2 N–H and O–H groups in total. The van der Waals surface area contributed by atoms with Crippen LogP contribution in [0.4, 0.5) is 5.82 Å². The Morgan fingerprint density at radius 3 is 2.63 bits per heavy atom. The van der Waals surface area contributed by atoms with Crippen LogP contribution in [0.2, 0.25) is 0 Å². The van der Waals surface area contributed by atoms with E-state index in [1.54, 1.807) is 0 Å². The van der Waals surface area contributed by atoms with Crippen molar-refractivity contribution < 1.29 is 0 Å². The predicted octanol–water partition coefficient (Wildman–Crippen LogP) is 1.77. The third-order valence-electron chi connectivity index (χ3n) is 4.65. The molecule has 1 saturated heterocycles. The maximum absolute atomic E-state index is 6.06. The smallest absolute Gasteiger partial charge is 0.135 e. The maximum Gasteiger partial charge on any atom is 0.135 e. The molecular weight excluding hydrogens is 236 g/mol. The summed E-state index contributed by atoms with van der Waals surface area (Å²) < 4.78 is 0. The Morgan fingerprint density at radius 1 is 1.05 bits per heavy atom. The van der Waals surface area contributed by atoms with E-state index >= 15 is 0 Å². The van der Waals surface area contributed by atoms with Crippen LogP contribution in [-0.4, -0.2) is 29.1 Å². The molecule has 4 nitrogen and oxygen atoms in total. The van der Waals surface area contributed by atoms with Gasteiger partial charge in [-0.15, -0.1) is 0 Å². The number of nitrogens with two attached hydrogens (primary N) is 1. The van der Waals surface area contributed by atoms with E-state index in [0.717, 1.165) is 38.2 Å². The topological polar surface area (TPSA) is 55.0 Å². The first kappa shape index (κ1) is 11.6. The summed E-state index contributed by atoms with van der Waals surface area (Å²) >= 11 is 0. The Labute approximate surface area is 114 Å². The fourth-order valence-electron chi connectivity index (χ4n) is 3.36. The van der Waals surface area contributed by atoms with E-state index in [1.807, 2.05) is 0 Å². The summed E-state index contributed by atoms with van der Waals surface area (Å²) in [4.78, 5) is 12.2. The third-order valence-corrected chi connectivity index (χ3v) is 4.65. The zero-order chi connectivity index (χ0) is 12.8. The van der Waals surface area contributed by atoms with Crippen LogP contribution in [0.3, 0.4) is 0 Å². The Hall–Kier alpha value is -1.16. The van der Waals surface area contributed by atoms with E-state index in [9.17, 15) is 0 Å². The number of rotatable bonds is 2. The molecule has 2 heterocycles. The van der Waals surface area contributed by atoms with Crippen LogP contribution in [0.5, 0.6) is 0 Å². The molecule has 1 saturated carbocycles. The van der Waals surface area contributed by atoms with Gasteiger partial charge in [-0.1, -0.05) is 0 Å². The maximum atomic E-state index is 6.06. The zero-order valence-electron chi connectivity index (χ0n) is 11.4. The van der Waals surface area contributed by atoms with E-state index in [1.165, 1.54) is 42.8 Å². The molecule has 2 aliphatic carbocycles. The van der Waals surface area contributed by atoms with Crippen molar-refractivity contribution in [2.75, 3.05) is 18.0 Å². The van der Waals surface area contributed by atoms with Gasteiger partial charge in [0.2, 0.25) is 0 Å². The lowest BCUT2D eigenvalue weighted by atomic mass is 9.96. The van der Waals surface area contributed by atoms with Crippen LogP contribution in [0.15, 0.2) is 0 Å². The molecule has 1 aromatic rings. The van der Waals surface area contributed by atoms with Crippen LogP contribution >= 0.6 is 0 Å². The van der Waals surface area contributed by atoms with Crippen LogP contribution < -0.4 is 10.6 Å². The van der Waals surface area contributed by atoms with E-state index in [-0.39, 0.29) is 0 Å². The van der Waals surface area contributed by atoms with Gasteiger partial charge in [0.15, 0.2) is 0 Å². The molecule has 1 aliphatic heterocycles. The lowest BCUT2D eigenvalue weighted by molar-refractivity contribution is 0.649. The van der Waals surface area contributed by atoms with Gasteiger partial charge in [-0.25, -0.2) is 9.97 Å². The van der Waals surface area contributed by atoms with E-state index in [2.05, 4.69) is 4.90 Å². The average molecular weight is 258 g/mol. The molecule has 0 bridgehead atoms. The van der Waals surface area contributed by atoms with Gasteiger partial charge in [0.1, 0.15) is 11.6 Å². The molecule has 0 amide bonds. The Morgan fingerprint density at radius 2 is 1.89 bits per heavy atom. The number of fused-ring (bicyclic) bond motifs is 1. The van der Waals surface area contributed by atoms with Crippen molar-refractivity contribution in [3.8, 4) is 0 Å². The minimum absolute atomic E-state index is 0.318. The first-order chi connectivity index (χ1) is 9.31. The molecule has 0 unspecified atom stereocenters. The monoisotopic (exact) mass is 258 g/mol. The highest BCUT2D eigenvalue weighted by molar-refractivity contribution is 5.51. The van der Waals surface area contributed by atoms with Crippen molar-refractivity contribution in [1.82, 2.24) is 9.97 Å². The van der Waals surface area contributed by atoms with Gasteiger partial charge < -0.3 is 10.6 Å². The Bertz CT molecular complexity index is 495. The summed E-state index contributed by atoms with van der Waals surface area (Å²) in [5.74, 6) is 2.97. The Balaban J connectivity index is 1.76. The minimum atomic E-state index is 0.318. The Kier molecular flexibility index (Phi) is 2.72. The predicted molar refractivity (Wildman–Crippen MR) is 75.5 cm³/mol. The number of aromatic nitrogens is 2. The van der Waals surface area contributed by atoms with Gasteiger partial charge in [0.25, 0.3) is 0 Å². The number of nitrogens with zero attached hydrogens (tertiary/aromatic N) is 3. The number of anilines is 1. The van der Waals surface area contributed by atoms with Crippen molar-refractivity contribution >= 4 is 5.82 Å². The summed E-state index contributed by atoms with van der Waals surface area (Å²) in [7, 11) is 0. The van der Waals surface area contributed by atoms with Gasteiger partial charge in [-0.05, 0) is 44.9 Å². The fraction of sp³-hybridized carbons (Fsp3) is 0.733. The lowest BCUT2D eigenvalue weighted by Crippen LogP contribution is -2.29. The SMILES string of the molecule is N[C@H]1CCN(c2nc(C3CC3)nc3c2CCCC3)C1. The molecule has 1 aromatic heterocycles. The zero-order valence-corrected chi connectivity index (χ0v) is 11.4. The third kappa shape index (κ3) is 2.12. The van der Waals surface area contributed by atoms with Crippen LogP contribution in [0.1, 0.15) is 55.1 Å². The molecule has 19 heavy (non-hydrogen) atoms. The van der Waals surface area contributed by atoms with Crippen LogP contribution in [0, 0.1) is 0 Å². The standard InChI is InChI=1S/C15H22N4/c16-11-7-8-19(9-11)15-12-3-1-2-4-13(12)17-14(18-15)10-5-6-10/h10-11H,1-9,16H2/t11-/m0/s1. The average Bonchev–Trinajstić information content (AvgIpc) is 3.20. The van der Waals surface area contributed by atoms with Gasteiger partial charge in [-0.3, -0.25) is 0 Å². The van der Waals surface area contributed by atoms with Crippen molar-refractivity contribution in [1.29, 1.82) is 0 Å². The second kappa shape index (κ2) is 4.44. The highest BCUT2D eigenvalue weighted by Crippen LogP contribution is 2.40. The number of hydrogen-bond acceptors (Lipinski definition) is 4. The van der Waals surface area contributed by atoms with Crippen LogP contribution in [0.25, 0.3) is 0 Å². The minimum Gasteiger partial charge on any atom is -0.355 e. The van der Waals surface area contributed by atoms with E-state index in [4.69, 9.17) is 15.7 Å². The molecule has 4 rings (SSSR count). The summed E-state index contributed by atoms with van der Waals surface area (Å²) in [6, 6.07) is 0.318. The van der Waals surface area contributed by atoms with E-state index in [0.29, 0.717) is 12.0 Å². The van der Waals surface area contributed by atoms with Gasteiger partial charge >= 0.3 is 0 Å². The second-order valence-electron chi connectivity index (χ2n) is 6.31. The fourth-order valence-corrected chi connectivity index (χ4v) is 3.36. The van der Waals surface area contributed by atoms with E-state index < -0.39 is 0 Å². The highest BCUT2D eigenvalue weighted by atomic mass is 15.2. The molecule has 4 heteroatoms. The second-order valence-corrected chi connectivity index (χ2v) is 6.31. The summed E-state index contributed by atoms with van der Waals surface area (Å²) in [6.45, 7) is 2.03. The largest absolute Gasteiger partial charge is 0.355 e. The molecule has 1 atom stereocenters. The quantitative estimate of drug-likeness (QED) is 0.878. The lowest BCUT2D eigenvalue weighted by Gasteiger charge is -2.25. The number of aryl methyl sites for hydroxylation is 1. The molecule has 0 aromatic carbocycles. The first-order valence-corrected chi connectivity index (χ1v) is 7.71. The van der Waals surface area contributed by atoms with Crippen LogP contribution in [-0.2, 0) is 12.8 Å². The summed E-state index contributed by atoms with van der Waals surface area (Å²) in [5, 5.41) is 0. The molecule has 102 valence electrons. The normalized spacial score (nSPS) is 26.6. The molecule has 3 aliphatic rings. The number of hydrogen-bond donors (Lipinski definition) is 1. The van der Waals surface area contributed by atoms with Crippen molar-refractivity contribution in [3.05, 3.63) is 17.1 Å². The summed E-state index contributed by atoms with van der Waals surface area (Å²) in [5.41, 5.74) is 8.82. The van der Waals surface area contributed by atoms with Crippen molar-refractivity contribution in [2.45, 2.75) is 56.9 Å². The van der Waals surface area contributed by atoms with Crippen molar-refractivity contribution in [3.63, 3.8) is 0 Å². The van der Waals surface area contributed by atoms with Gasteiger partial charge in [-0.2, -0.15) is 0 Å².